The molecule has 7 heteroatoms. The van der Waals surface area contributed by atoms with Crippen LogP contribution >= 0.6 is 11.3 Å². The van der Waals surface area contributed by atoms with E-state index in [-0.39, 0.29) is 23.9 Å². The van der Waals surface area contributed by atoms with Gasteiger partial charge in [-0.15, -0.1) is 11.3 Å². The Labute approximate surface area is 175 Å². The van der Waals surface area contributed by atoms with Crippen LogP contribution < -0.4 is 15.0 Å². The summed E-state index contributed by atoms with van der Waals surface area (Å²) in [6.07, 6.45) is 3.44. The van der Waals surface area contributed by atoms with Gasteiger partial charge in [0.05, 0.1) is 12.0 Å². The zero-order chi connectivity index (χ0) is 20.2. The third-order valence-corrected chi connectivity index (χ3v) is 6.69. The summed E-state index contributed by atoms with van der Waals surface area (Å²) in [6.45, 7) is 2.46. The Kier molecular flexibility index (Phi) is 6.04. The van der Waals surface area contributed by atoms with Gasteiger partial charge >= 0.3 is 0 Å². The fourth-order valence-electron chi connectivity index (χ4n) is 4.20. The fourth-order valence-corrected chi connectivity index (χ4v) is 4.88. The van der Waals surface area contributed by atoms with Crippen molar-refractivity contribution in [3.8, 4) is 5.75 Å². The van der Waals surface area contributed by atoms with Crippen LogP contribution in [0.3, 0.4) is 0 Å². The van der Waals surface area contributed by atoms with Gasteiger partial charge < -0.3 is 19.9 Å². The first kappa shape index (κ1) is 19.8. The van der Waals surface area contributed by atoms with Gasteiger partial charge in [-0.2, -0.15) is 0 Å². The third kappa shape index (κ3) is 4.40. The molecule has 0 bridgehead atoms. The number of likely N-dealkylation sites (tertiary alicyclic amines) is 1. The van der Waals surface area contributed by atoms with E-state index in [4.69, 9.17) is 4.74 Å². The number of piperidine rings is 1. The second kappa shape index (κ2) is 8.86. The summed E-state index contributed by atoms with van der Waals surface area (Å²) in [7, 11) is 1.67. The number of carbonyl (C=O) groups excluding carboxylic acids is 2. The molecule has 4 rings (SSSR count). The van der Waals surface area contributed by atoms with Crippen LogP contribution in [-0.2, 0) is 4.79 Å². The average molecular weight is 414 g/mol. The highest BCUT2D eigenvalue weighted by Gasteiger charge is 2.36. The number of amides is 2. The van der Waals surface area contributed by atoms with Crippen LogP contribution in [0.2, 0.25) is 0 Å². The highest BCUT2D eigenvalue weighted by Crippen LogP contribution is 2.25. The number of hydrogen-bond acceptors (Lipinski definition) is 5. The van der Waals surface area contributed by atoms with Gasteiger partial charge in [-0.05, 0) is 61.4 Å². The van der Waals surface area contributed by atoms with Crippen LogP contribution in [0.4, 0.5) is 5.69 Å². The number of thiophene rings is 1. The monoisotopic (exact) mass is 413 g/mol. The van der Waals surface area contributed by atoms with Crippen molar-refractivity contribution >= 4 is 28.8 Å². The maximum absolute atomic E-state index is 12.9. The maximum Gasteiger partial charge on any atom is 0.264 e. The molecule has 1 aromatic carbocycles. The fraction of sp³-hybridized carbons (Fsp3) is 0.455. The van der Waals surface area contributed by atoms with Gasteiger partial charge in [-0.3, -0.25) is 9.59 Å². The minimum atomic E-state index is -0.343. The number of benzene rings is 1. The Hall–Kier alpha value is -2.54. The van der Waals surface area contributed by atoms with E-state index >= 15 is 0 Å². The molecule has 0 radical (unpaired) electrons. The van der Waals surface area contributed by atoms with Crippen LogP contribution in [0.1, 0.15) is 35.4 Å². The number of nitrogens with one attached hydrogen (secondary N) is 1. The first-order valence-corrected chi connectivity index (χ1v) is 11.1. The number of methoxy groups -OCH3 is 1. The molecule has 0 saturated carbocycles. The molecule has 154 valence electrons. The van der Waals surface area contributed by atoms with Gasteiger partial charge in [-0.1, -0.05) is 6.07 Å². The lowest BCUT2D eigenvalue weighted by atomic mass is 10.0. The summed E-state index contributed by atoms with van der Waals surface area (Å²) >= 11 is 1.43. The van der Waals surface area contributed by atoms with Gasteiger partial charge in [0.15, 0.2) is 0 Å². The molecule has 29 heavy (non-hydrogen) atoms. The number of rotatable bonds is 5. The number of hydrogen-bond donors (Lipinski definition) is 1. The molecule has 2 aromatic rings. The molecular formula is C22H27N3O3S. The molecule has 2 saturated heterocycles. The third-order valence-electron chi connectivity index (χ3n) is 5.83. The Bertz CT molecular complexity index is 829. The molecule has 2 aliphatic rings. The molecule has 0 unspecified atom stereocenters. The van der Waals surface area contributed by atoms with Crippen molar-refractivity contribution in [2.75, 3.05) is 31.6 Å². The van der Waals surface area contributed by atoms with E-state index in [1.54, 1.807) is 12.0 Å². The van der Waals surface area contributed by atoms with Crippen molar-refractivity contribution in [1.82, 2.24) is 10.2 Å². The molecule has 2 amide bonds. The zero-order valence-corrected chi connectivity index (χ0v) is 17.5. The first-order valence-electron chi connectivity index (χ1n) is 10.2. The number of ether oxygens (including phenoxy) is 1. The van der Waals surface area contributed by atoms with E-state index in [1.165, 1.54) is 17.0 Å². The van der Waals surface area contributed by atoms with Crippen molar-refractivity contribution in [3.63, 3.8) is 0 Å². The topological polar surface area (TPSA) is 61.9 Å². The Morgan fingerprint density at radius 2 is 1.83 bits per heavy atom. The summed E-state index contributed by atoms with van der Waals surface area (Å²) in [5, 5.41) is 5.10. The Balaban J connectivity index is 1.30. The summed E-state index contributed by atoms with van der Waals surface area (Å²) in [5.41, 5.74) is 1.18. The highest BCUT2D eigenvalue weighted by atomic mass is 32.1. The van der Waals surface area contributed by atoms with E-state index < -0.39 is 0 Å². The summed E-state index contributed by atoms with van der Waals surface area (Å²) in [6, 6.07) is 11.6. The predicted octanol–water partition coefficient (Wildman–Crippen LogP) is 3.15. The first-order chi connectivity index (χ1) is 14.2. The van der Waals surface area contributed by atoms with E-state index in [0.29, 0.717) is 11.4 Å². The molecule has 1 atom stereocenters. The van der Waals surface area contributed by atoms with Crippen molar-refractivity contribution in [3.05, 3.63) is 46.7 Å². The minimum Gasteiger partial charge on any atom is -0.497 e. The van der Waals surface area contributed by atoms with Crippen molar-refractivity contribution in [2.45, 2.75) is 37.8 Å². The van der Waals surface area contributed by atoms with Crippen molar-refractivity contribution in [2.24, 2.45) is 0 Å². The predicted molar refractivity (Wildman–Crippen MR) is 115 cm³/mol. The number of anilines is 1. The van der Waals surface area contributed by atoms with Gasteiger partial charge in [-0.25, -0.2) is 0 Å². The van der Waals surface area contributed by atoms with Gasteiger partial charge in [0, 0.05) is 31.4 Å². The lowest BCUT2D eigenvalue weighted by molar-refractivity contribution is -0.125. The average Bonchev–Trinajstić information content (AvgIpc) is 3.46. The second-order valence-corrected chi connectivity index (χ2v) is 8.55. The van der Waals surface area contributed by atoms with Crippen LogP contribution in [0.15, 0.2) is 41.8 Å². The van der Waals surface area contributed by atoms with E-state index in [2.05, 4.69) is 22.3 Å². The van der Waals surface area contributed by atoms with Crippen LogP contribution in [0.5, 0.6) is 5.75 Å². The smallest absolute Gasteiger partial charge is 0.264 e. The van der Waals surface area contributed by atoms with Gasteiger partial charge in [0.25, 0.3) is 5.91 Å². The maximum atomic E-state index is 12.9. The summed E-state index contributed by atoms with van der Waals surface area (Å²) < 4.78 is 5.22. The normalized spacial score (nSPS) is 20.0. The molecule has 3 heterocycles. The van der Waals surface area contributed by atoms with Crippen molar-refractivity contribution < 1.29 is 14.3 Å². The minimum absolute atomic E-state index is 0.00435. The lowest BCUT2D eigenvalue weighted by Gasteiger charge is -2.35. The van der Waals surface area contributed by atoms with E-state index in [0.717, 1.165) is 44.5 Å². The zero-order valence-electron chi connectivity index (χ0n) is 16.7. The summed E-state index contributed by atoms with van der Waals surface area (Å²) in [4.78, 5) is 30.4. The number of carbonyl (C=O) groups is 2. The van der Waals surface area contributed by atoms with Crippen LogP contribution in [0, 0.1) is 0 Å². The van der Waals surface area contributed by atoms with Gasteiger partial charge in [0.1, 0.15) is 11.8 Å². The lowest BCUT2D eigenvalue weighted by Crippen LogP contribution is -2.51. The quantitative estimate of drug-likeness (QED) is 0.818. The Morgan fingerprint density at radius 3 is 2.48 bits per heavy atom. The SMILES string of the molecule is COc1ccc(N2CCC(NC(=O)[C@@H]3CCCN3C(=O)c3cccs3)CC2)cc1. The largest absolute Gasteiger partial charge is 0.497 e. The summed E-state index contributed by atoms with van der Waals surface area (Å²) in [5.74, 6) is 0.830. The second-order valence-electron chi connectivity index (χ2n) is 7.60. The number of nitrogens with zero attached hydrogens (tertiary/aromatic N) is 2. The van der Waals surface area contributed by atoms with E-state index in [1.807, 2.05) is 29.6 Å². The van der Waals surface area contributed by atoms with Gasteiger partial charge in [0.2, 0.25) is 5.91 Å². The molecule has 2 fully saturated rings. The molecule has 1 N–H and O–H groups in total. The molecular weight excluding hydrogens is 386 g/mol. The van der Waals surface area contributed by atoms with E-state index in [9.17, 15) is 9.59 Å². The Morgan fingerprint density at radius 1 is 1.07 bits per heavy atom. The molecule has 6 nitrogen and oxygen atoms in total. The highest BCUT2D eigenvalue weighted by molar-refractivity contribution is 7.12. The van der Waals surface area contributed by atoms with Crippen LogP contribution in [0.25, 0.3) is 0 Å². The molecule has 0 spiro atoms. The van der Waals surface area contributed by atoms with Crippen LogP contribution in [-0.4, -0.2) is 55.5 Å². The standard InChI is InChI=1S/C22H27N3O3S/c1-28-18-8-6-17(7-9-18)24-13-10-16(11-14-24)23-21(26)19-4-2-12-25(19)22(27)20-5-3-15-29-20/h3,5-9,15-16,19H,2,4,10-14H2,1H3,(H,23,26)/t19-/m0/s1. The molecule has 0 aliphatic carbocycles. The molecule has 1 aromatic heterocycles. The van der Waals surface area contributed by atoms with Crippen molar-refractivity contribution in [1.29, 1.82) is 0 Å². The molecule has 2 aliphatic heterocycles.